The first-order valence-corrected chi connectivity index (χ1v) is 9.68. The number of amides is 1. The molecule has 0 radical (unpaired) electrons. The third-order valence-corrected chi connectivity index (χ3v) is 4.59. The lowest BCUT2D eigenvalue weighted by atomic mass is 10.1. The van der Waals surface area contributed by atoms with Crippen molar-refractivity contribution in [3.8, 4) is 23.0 Å². The van der Waals surface area contributed by atoms with Crippen LogP contribution in [0.1, 0.15) is 12.0 Å². The Labute approximate surface area is 175 Å². The Balaban J connectivity index is 1.48. The maximum absolute atomic E-state index is 12.3. The quantitative estimate of drug-likeness (QED) is 0.516. The molecule has 0 aliphatic carbocycles. The summed E-state index contributed by atoms with van der Waals surface area (Å²) >= 11 is 0. The van der Waals surface area contributed by atoms with Gasteiger partial charge >= 0.3 is 0 Å². The average Bonchev–Trinajstić information content (AvgIpc) is 2.78. The van der Waals surface area contributed by atoms with Gasteiger partial charge in [0.1, 0.15) is 11.3 Å². The van der Waals surface area contributed by atoms with Crippen LogP contribution in [-0.4, -0.2) is 45.4 Å². The van der Waals surface area contributed by atoms with Gasteiger partial charge in [0.2, 0.25) is 11.7 Å². The second kappa shape index (κ2) is 10.3. The van der Waals surface area contributed by atoms with Gasteiger partial charge in [0.05, 0.1) is 34.4 Å². The number of nitrogens with one attached hydrogen (secondary N) is 1. The lowest BCUT2D eigenvalue weighted by Gasteiger charge is -2.14. The first-order chi connectivity index (χ1) is 14.7. The number of ether oxygens (including phenoxy) is 4. The fourth-order valence-corrected chi connectivity index (χ4v) is 3.16. The number of benzene rings is 2. The molecule has 0 saturated heterocycles. The summed E-state index contributed by atoms with van der Waals surface area (Å²) in [4.78, 5) is 16.7. The van der Waals surface area contributed by atoms with Crippen molar-refractivity contribution in [2.45, 2.75) is 12.8 Å². The molecule has 7 nitrogen and oxygen atoms in total. The van der Waals surface area contributed by atoms with Crippen molar-refractivity contribution in [3.63, 3.8) is 0 Å². The Morgan fingerprint density at radius 3 is 2.40 bits per heavy atom. The molecule has 1 heterocycles. The van der Waals surface area contributed by atoms with Gasteiger partial charge in [-0.3, -0.25) is 9.78 Å². The van der Waals surface area contributed by atoms with E-state index in [0.29, 0.717) is 36.8 Å². The van der Waals surface area contributed by atoms with Crippen LogP contribution in [-0.2, 0) is 11.2 Å². The highest BCUT2D eigenvalue weighted by atomic mass is 16.5. The number of rotatable bonds is 10. The lowest BCUT2D eigenvalue weighted by Crippen LogP contribution is -2.27. The molecule has 0 aliphatic heterocycles. The van der Waals surface area contributed by atoms with Crippen LogP contribution in [0, 0.1) is 0 Å². The number of methoxy groups -OCH3 is 3. The second-order valence-corrected chi connectivity index (χ2v) is 6.59. The number of carbonyl (C=O) groups is 1. The maximum Gasteiger partial charge on any atom is 0.224 e. The minimum absolute atomic E-state index is 0.0869. The SMILES string of the molecule is COc1cc(CC(=O)NCCCOc2cccc3cccnc23)cc(OC)c1OC. The molecule has 0 saturated carbocycles. The van der Waals surface area contributed by atoms with E-state index < -0.39 is 0 Å². The molecule has 158 valence electrons. The summed E-state index contributed by atoms with van der Waals surface area (Å²) in [5.74, 6) is 2.21. The summed E-state index contributed by atoms with van der Waals surface area (Å²) in [5.41, 5.74) is 1.62. The number of carbonyl (C=O) groups excluding carboxylic acids is 1. The van der Waals surface area contributed by atoms with Crippen LogP contribution in [0.2, 0.25) is 0 Å². The molecule has 2 aromatic carbocycles. The van der Waals surface area contributed by atoms with E-state index in [-0.39, 0.29) is 12.3 Å². The Morgan fingerprint density at radius 2 is 1.70 bits per heavy atom. The van der Waals surface area contributed by atoms with Gasteiger partial charge < -0.3 is 24.3 Å². The third kappa shape index (κ3) is 5.11. The molecule has 7 heteroatoms. The smallest absolute Gasteiger partial charge is 0.224 e. The first-order valence-electron chi connectivity index (χ1n) is 9.68. The van der Waals surface area contributed by atoms with Crippen molar-refractivity contribution >= 4 is 16.8 Å². The Bertz CT molecular complexity index is 976. The molecule has 0 bridgehead atoms. The number of fused-ring (bicyclic) bond motifs is 1. The van der Waals surface area contributed by atoms with Crippen molar-refractivity contribution in [1.82, 2.24) is 10.3 Å². The molecular formula is C23H26N2O5. The number of pyridine rings is 1. The molecule has 1 amide bonds. The lowest BCUT2D eigenvalue weighted by molar-refractivity contribution is -0.120. The molecule has 0 atom stereocenters. The third-order valence-electron chi connectivity index (χ3n) is 4.59. The van der Waals surface area contributed by atoms with Crippen molar-refractivity contribution in [3.05, 3.63) is 54.2 Å². The molecule has 3 rings (SSSR count). The van der Waals surface area contributed by atoms with E-state index in [9.17, 15) is 4.79 Å². The second-order valence-electron chi connectivity index (χ2n) is 6.59. The molecule has 0 fully saturated rings. The van der Waals surface area contributed by atoms with E-state index in [1.807, 2.05) is 30.3 Å². The number of hydrogen-bond acceptors (Lipinski definition) is 6. The Morgan fingerprint density at radius 1 is 0.967 bits per heavy atom. The van der Waals surface area contributed by atoms with Crippen LogP contribution in [0.4, 0.5) is 0 Å². The standard InChI is InChI=1S/C23H26N2O5/c1-27-19-13-16(14-20(28-2)23(19)29-3)15-21(26)24-11-6-12-30-18-9-4-7-17-8-5-10-25-22(17)18/h4-5,7-10,13-14H,6,11-12,15H2,1-3H3,(H,24,26). The maximum atomic E-state index is 12.3. The van der Waals surface area contributed by atoms with Crippen LogP contribution in [0.5, 0.6) is 23.0 Å². The largest absolute Gasteiger partial charge is 0.493 e. The predicted octanol–water partition coefficient (Wildman–Crippen LogP) is 3.39. The van der Waals surface area contributed by atoms with Crippen LogP contribution in [0.3, 0.4) is 0 Å². The number of aromatic nitrogens is 1. The molecular weight excluding hydrogens is 384 g/mol. The van der Waals surface area contributed by atoms with Crippen molar-refractivity contribution < 1.29 is 23.7 Å². The van der Waals surface area contributed by atoms with E-state index in [4.69, 9.17) is 18.9 Å². The normalized spacial score (nSPS) is 10.5. The monoisotopic (exact) mass is 410 g/mol. The molecule has 0 unspecified atom stereocenters. The summed E-state index contributed by atoms with van der Waals surface area (Å²) < 4.78 is 21.8. The van der Waals surface area contributed by atoms with Gasteiger partial charge in [0.15, 0.2) is 11.5 Å². The molecule has 1 aromatic heterocycles. The van der Waals surface area contributed by atoms with Gasteiger partial charge in [-0.1, -0.05) is 18.2 Å². The summed E-state index contributed by atoms with van der Waals surface area (Å²) in [6, 6.07) is 13.3. The molecule has 0 aliphatic rings. The number of hydrogen-bond donors (Lipinski definition) is 1. The fraction of sp³-hybridized carbons (Fsp3) is 0.304. The highest BCUT2D eigenvalue weighted by Gasteiger charge is 2.14. The van der Waals surface area contributed by atoms with Crippen LogP contribution < -0.4 is 24.3 Å². The van der Waals surface area contributed by atoms with Gasteiger partial charge in [-0.15, -0.1) is 0 Å². The zero-order valence-corrected chi connectivity index (χ0v) is 17.4. The van der Waals surface area contributed by atoms with Gasteiger partial charge in [-0.2, -0.15) is 0 Å². The van der Waals surface area contributed by atoms with Crippen molar-refractivity contribution in [2.24, 2.45) is 0 Å². The highest BCUT2D eigenvalue weighted by Crippen LogP contribution is 2.38. The van der Waals surface area contributed by atoms with Crippen molar-refractivity contribution in [2.75, 3.05) is 34.5 Å². The van der Waals surface area contributed by atoms with Gasteiger partial charge in [0.25, 0.3) is 0 Å². The first kappa shape index (κ1) is 21.2. The van der Waals surface area contributed by atoms with E-state index in [1.165, 1.54) is 0 Å². The van der Waals surface area contributed by atoms with E-state index >= 15 is 0 Å². The van der Waals surface area contributed by atoms with Gasteiger partial charge in [-0.05, 0) is 36.2 Å². The van der Waals surface area contributed by atoms with Crippen LogP contribution in [0.25, 0.3) is 10.9 Å². The highest BCUT2D eigenvalue weighted by molar-refractivity contribution is 5.84. The van der Waals surface area contributed by atoms with Gasteiger partial charge in [0, 0.05) is 18.1 Å². The van der Waals surface area contributed by atoms with Gasteiger partial charge in [-0.25, -0.2) is 0 Å². The topological polar surface area (TPSA) is 78.9 Å². The predicted molar refractivity (Wildman–Crippen MR) is 115 cm³/mol. The summed E-state index contributed by atoms with van der Waals surface area (Å²) in [5, 5.41) is 3.95. The Hall–Kier alpha value is -3.48. The minimum atomic E-state index is -0.0869. The number of nitrogens with zero attached hydrogens (tertiary/aromatic N) is 1. The van der Waals surface area contributed by atoms with E-state index in [0.717, 1.165) is 22.2 Å². The molecule has 0 spiro atoms. The fourth-order valence-electron chi connectivity index (χ4n) is 3.16. The van der Waals surface area contributed by atoms with Crippen LogP contribution >= 0.6 is 0 Å². The zero-order chi connectivity index (χ0) is 21.3. The van der Waals surface area contributed by atoms with Crippen molar-refractivity contribution in [1.29, 1.82) is 0 Å². The minimum Gasteiger partial charge on any atom is -0.493 e. The van der Waals surface area contributed by atoms with E-state index in [2.05, 4.69) is 10.3 Å². The molecule has 1 N–H and O–H groups in total. The number of para-hydroxylation sites is 1. The summed E-state index contributed by atoms with van der Waals surface area (Å²) in [6.45, 7) is 1.00. The summed E-state index contributed by atoms with van der Waals surface area (Å²) in [6.07, 6.45) is 2.65. The zero-order valence-electron chi connectivity index (χ0n) is 17.4. The van der Waals surface area contributed by atoms with Crippen LogP contribution in [0.15, 0.2) is 48.7 Å². The molecule has 3 aromatic rings. The summed E-state index contributed by atoms with van der Waals surface area (Å²) in [7, 11) is 4.64. The molecule has 30 heavy (non-hydrogen) atoms. The Kier molecular flexibility index (Phi) is 7.32. The average molecular weight is 410 g/mol. The van der Waals surface area contributed by atoms with E-state index in [1.54, 1.807) is 39.7 Å².